The monoisotopic (exact) mass is 218 g/mol. The lowest BCUT2D eigenvalue weighted by Gasteiger charge is -2.24. The van der Waals surface area contributed by atoms with Gasteiger partial charge in [-0.2, -0.15) is 0 Å². The molecule has 1 aliphatic carbocycles. The minimum atomic E-state index is 0.200. The summed E-state index contributed by atoms with van der Waals surface area (Å²) in [6.45, 7) is 4.04. The minimum Gasteiger partial charge on any atom is -0.274 e. The molecule has 1 aromatic heterocycles. The molecule has 0 radical (unpaired) electrons. The predicted molar refractivity (Wildman–Crippen MR) is 63.1 cm³/mol. The standard InChI is InChI=1S/C13H18N2O/c1-10(2)14-12-8-3-4-9-15(12)13(16)11-6-5-7-11/h3-4,8-11H,5-7H2,1-2H3. The van der Waals surface area contributed by atoms with Crippen molar-refractivity contribution in [2.24, 2.45) is 10.9 Å². The number of carbonyl (C=O) groups excluding carboxylic acids is 1. The van der Waals surface area contributed by atoms with E-state index in [2.05, 4.69) is 4.99 Å². The highest BCUT2D eigenvalue weighted by Crippen LogP contribution is 2.27. The first-order chi connectivity index (χ1) is 7.68. The van der Waals surface area contributed by atoms with Gasteiger partial charge in [0, 0.05) is 18.2 Å². The Balaban J connectivity index is 2.36. The summed E-state index contributed by atoms with van der Waals surface area (Å²) in [5.41, 5.74) is 0.773. The minimum absolute atomic E-state index is 0.200. The van der Waals surface area contributed by atoms with Crippen LogP contribution in [0.1, 0.15) is 37.9 Å². The van der Waals surface area contributed by atoms with E-state index in [9.17, 15) is 4.79 Å². The second-order valence-electron chi connectivity index (χ2n) is 4.62. The lowest BCUT2D eigenvalue weighted by Crippen LogP contribution is -2.35. The highest BCUT2D eigenvalue weighted by atomic mass is 16.2. The molecule has 3 heteroatoms. The maximum absolute atomic E-state index is 12.1. The van der Waals surface area contributed by atoms with Crippen molar-refractivity contribution in [2.75, 3.05) is 0 Å². The highest BCUT2D eigenvalue weighted by Gasteiger charge is 2.26. The van der Waals surface area contributed by atoms with Crippen molar-refractivity contribution in [1.82, 2.24) is 4.57 Å². The Bertz CT molecular complexity index is 441. The Kier molecular flexibility index (Phi) is 3.22. The second-order valence-corrected chi connectivity index (χ2v) is 4.62. The van der Waals surface area contributed by atoms with E-state index in [0.717, 1.165) is 18.3 Å². The first-order valence-corrected chi connectivity index (χ1v) is 5.94. The summed E-state index contributed by atoms with van der Waals surface area (Å²) in [6.07, 6.45) is 5.06. The average molecular weight is 218 g/mol. The summed E-state index contributed by atoms with van der Waals surface area (Å²) < 4.78 is 1.70. The van der Waals surface area contributed by atoms with Crippen LogP contribution >= 0.6 is 0 Å². The summed E-state index contributed by atoms with van der Waals surface area (Å²) in [7, 11) is 0. The van der Waals surface area contributed by atoms with Gasteiger partial charge in [0.05, 0.1) is 0 Å². The van der Waals surface area contributed by atoms with Crippen LogP contribution in [0.3, 0.4) is 0 Å². The lowest BCUT2D eigenvalue weighted by molar-refractivity contribution is 0.0758. The predicted octanol–water partition coefficient (Wildman–Crippen LogP) is 2.24. The van der Waals surface area contributed by atoms with Crippen molar-refractivity contribution in [3.8, 4) is 0 Å². The van der Waals surface area contributed by atoms with Crippen molar-refractivity contribution in [3.63, 3.8) is 0 Å². The molecule has 0 N–H and O–H groups in total. The molecule has 1 aromatic rings. The Hall–Kier alpha value is -1.38. The molecular weight excluding hydrogens is 200 g/mol. The van der Waals surface area contributed by atoms with Gasteiger partial charge >= 0.3 is 0 Å². The van der Waals surface area contributed by atoms with Gasteiger partial charge in [0.25, 0.3) is 0 Å². The zero-order valence-electron chi connectivity index (χ0n) is 9.89. The van der Waals surface area contributed by atoms with E-state index in [1.165, 1.54) is 6.42 Å². The van der Waals surface area contributed by atoms with Gasteiger partial charge in [-0.15, -0.1) is 0 Å². The number of pyridine rings is 1. The zero-order valence-corrected chi connectivity index (χ0v) is 9.89. The van der Waals surface area contributed by atoms with E-state index >= 15 is 0 Å². The highest BCUT2D eigenvalue weighted by molar-refractivity contribution is 5.81. The number of rotatable bonds is 2. The molecule has 0 atom stereocenters. The smallest absolute Gasteiger partial charge is 0.235 e. The molecule has 86 valence electrons. The normalized spacial score (nSPS) is 17.6. The van der Waals surface area contributed by atoms with Crippen molar-refractivity contribution >= 4 is 5.91 Å². The molecule has 0 bridgehead atoms. The Morgan fingerprint density at radius 1 is 1.44 bits per heavy atom. The van der Waals surface area contributed by atoms with Gasteiger partial charge in [-0.3, -0.25) is 14.4 Å². The summed E-state index contributed by atoms with van der Waals surface area (Å²) in [6, 6.07) is 5.92. The second kappa shape index (κ2) is 4.64. The van der Waals surface area contributed by atoms with Crippen LogP contribution in [0.4, 0.5) is 0 Å². The largest absolute Gasteiger partial charge is 0.274 e. The topological polar surface area (TPSA) is 34.4 Å². The summed E-state index contributed by atoms with van der Waals surface area (Å²) in [5, 5.41) is 0. The lowest BCUT2D eigenvalue weighted by atomic mass is 9.85. The van der Waals surface area contributed by atoms with Crippen LogP contribution in [0.25, 0.3) is 0 Å². The fourth-order valence-corrected chi connectivity index (χ4v) is 1.84. The fourth-order valence-electron chi connectivity index (χ4n) is 1.84. The Morgan fingerprint density at radius 3 is 2.75 bits per heavy atom. The van der Waals surface area contributed by atoms with Gasteiger partial charge in [0.1, 0.15) is 5.49 Å². The number of aromatic nitrogens is 1. The zero-order chi connectivity index (χ0) is 11.5. The van der Waals surface area contributed by atoms with Crippen LogP contribution in [0.2, 0.25) is 0 Å². The molecule has 1 aliphatic rings. The SMILES string of the molecule is CC(C)N=c1ccccn1C(=O)C1CCC1. The van der Waals surface area contributed by atoms with Crippen molar-refractivity contribution < 1.29 is 4.79 Å². The molecule has 3 nitrogen and oxygen atoms in total. The van der Waals surface area contributed by atoms with E-state index < -0.39 is 0 Å². The molecule has 1 heterocycles. The fraction of sp³-hybridized carbons (Fsp3) is 0.538. The Morgan fingerprint density at radius 2 is 2.19 bits per heavy atom. The third kappa shape index (κ3) is 2.23. The van der Waals surface area contributed by atoms with Crippen molar-refractivity contribution in [1.29, 1.82) is 0 Å². The summed E-state index contributed by atoms with van der Waals surface area (Å²) in [5.74, 6) is 0.416. The first-order valence-electron chi connectivity index (χ1n) is 5.94. The van der Waals surface area contributed by atoms with Gasteiger partial charge < -0.3 is 0 Å². The van der Waals surface area contributed by atoms with E-state index in [4.69, 9.17) is 0 Å². The van der Waals surface area contributed by atoms with Gasteiger partial charge in [-0.25, -0.2) is 0 Å². The number of hydrogen-bond acceptors (Lipinski definition) is 2. The molecule has 0 aromatic carbocycles. The van der Waals surface area contributed by atoms with Crippen LogP contribution in [-0.4, -0.2) is 16.5 Å². The molecule has 2 rings (SSSR count). The molecule has 0 saturated heterocycles. The molecule has 0 unspecified atom stereocenters. The molecule has 1 fully saturated rings. The molecular formula is C13H18N2O. The molecule has 16 heavy (non-hydrogen) atoms. The van der Waals surface area contributed by atoms with Gasteiger partial charge in [0.2, 0.25) is 5.91 Å². The summed E-state index contributed by atoms with van der Waals surface area (Å²) >= 11 is 0. The molecule has 0 aliphatic heterocycles. The third-order valence-corrected chi connectivity index (χ3v) is 2.92. The average Bonchev–Trinajstić information content (AvgIpc) is 2.14. The van der Waals surface area contributed by atoms with E-state index in [1.54, 1.807) is 4.57 Å². The number of hydrogen-bond donors (Lipinski definition) is 0. The van der Waals surface area contributed by atoms with Crippen LogP contribution in [-0.2, 0) is 0 Å². The maximum Gasteiger partial charge on any atom is 0.235 e. The van der Waals surface area contributed by atoms with Crippen molar-refractivity contribution in [2.45, 2.75) is 39.2 Å². The maximum atomic E-state index is 12.1. The van der Waals surface area contributed by atoms with Crippen LogP contribution in [0, 0.1) is 5.92 Å². The molecule has 0 spiro atoms. The number of carbonyl (C=O) groups is 1. The molecule has 0 amide bonds. The van der Waals surface area contributed by atoms with E-state index in [1.807, 2.05) is 38.2 Å². The van der Waals surface area contributed by atoms with Crippen LogP contribution in [0.15, 0.2) is 29.4 Å². The van der Waals surface area contributed by atoms with E-state index in [0.29, 0.717) is 0 Å². The quantitative estimate of drug-likeness (QED) is 0.749. The summed E-state index contributed by atoms with van der Waals surface area (Å²) in [4.78, 5) is 16.6. The first kappa shape index (κ1) is 11.1. The third-order valence-electron chi connectivity index (χ3n) is 2.92. The Labute approximate surface area is 95.8 Å². The van der Waals surface area contributed by atoms with Crippen LogP contribution < -0.4 is 5.49 Å². The van der Waals surface area contributed by atoms with Crippen molar-refractivity contribution in [3.05, 3.63) is 29.9 Å². The number of nitrogens with zero attached hydrogens (tertiary/aromatic N) is 2. The van der Waals surface area contributed by atoms with Crippen LogP contribution in [0.5, 0.6) is 0 Å². The van der Waals surface area contributed by atoms with Gasteiger partial charge in [0.15, 0.2) is 0 Å². The van der Waals surface area contributed by atoms with Gasteiger partial charge in [-0.05, 0) is 38.8 Å². The van der Waals surface area contributed by atoms with E-state index in [-0.39, 0.29) is 17.9 Å². The molecule has 1 saturated carbocycles. The van der Waals surface area contributed by atoms with Gasteiger partial charge in [-0.1, -0.05) is 12.5 Å².